The van der Waals surface area contributed by atoms with Gasteiger partial charge in [-0.25, -0.2) is 18.9 Å². The van der Waals surface area contributed by atoms with E-state index in [0.29, 0.717) is 25.2 Å². The zero-order valence-electron chi connectivity index (χ0n) is 22.1. The summed E-state index contributed by atoms with van der Waals surface area (Å²) in [5, 5.41) is 7.59. The average Bonchev–Trinajstić information content (AvgIpc) is 3.51. The molecule has 3 aromatic rings. The molecule has 0 aliphatic heterocycles. The topological polar surface area (TPSA) is 72.2 Å². The van der Waals surface area contributed by atoms with E-state index in [2.05, 4.69) is 32.5 Å². The molecule has 3 heterocycles. The molecule has 198 valence electrons. The number of rotatable bonds is 9. The molecule has 1 N–H and O–H groups in total. The highest BCUT2D eigenvalue weighted by atomic mass is 19.1. The number of halogens is 1. The Morgan fingerprint density at radius 3 is 2.73 bits per heavy atom. The highest BCUT2D eigenvalue weighted by Crippen LogP contribution is 2.34. The zero-order valence-corrected chi connectivity index (χ0v) is 22.1. The minimum Gasteiger partial charge on any atom is -0.351 e. The van der Waals surface area contributed by atoms with Gasteiger partial charge in [0.15, 0.2) is 5.78 Å². The molecule has 3 aromatic heterocycles. The second-order valence-electron chi connectivity index (χ2n) is 10.7. The molecule has 0 saturated heterocycles. The summed E-state index contributed by atoms with van der Waals surface area (Å²) in [6.45, 7) is 4.10. The number of nitrogens with one attached hydrogen (secondary N) is 1. The largest absolute Gasteiger partial charge is 0.351 e. The fourth-order valence-electron chi connectivity index (χ4n) is 5.82. The summed E-state index contributed by atoms with van der Waals surface area (Å²) in [6, 6.07) is 4.10. The van der Waals surface area contributed by atoms with Crippen molar-refractivity contribution in [3.63, 3.8) is 0 Å². The lowest BCUT2D eigenvalue weighted by Gasteiger charge is -2.23. The number of fused-ring (bicyclic) bond motifs is 2. The molecule has 37 heavy (non-hydrogen) atoms. The van der Waals surface area contributed by atoms with Crippen LogP contribution in [0.25, 0.3) is 11.1 Å². The molecule has 2 aliphatic carbocycles. The molecule has 0 amide bonds. The maximum Gasteiger partial charge on any atom is 0.223 e. The summed E-state index contributed by atoms with van der Waals surface area (Å²) in [5.41, 5.74) is 4.34. The van der Waals surface area contributed by atoms with Crippen LogP contribution in [-0.2, 0) is 6.42 Å². The number of hydrogen-bond donors (Lipinski definition) is 1. The lowest BCUT2D eigenvalue weighted by atomic mass is 9.86. The van der Waals surface area contributed by atoms with Crippen molar-refractivity contribution in [3.05, 3.63) is 59.2 Å². The molecular formula is C30H40FN5O. The minimum atomic E-state index is -1.24. The summed E-state index contributed by atoms with van der Waals surface area (Å²) in [6.07, 6.45) is 18.1. The Kier molecular flexibility index (Phi) is 7.68. The van der Waals surface area contributed by atoms with Crippen molar-refractivity contribution >= 4 is 22.8 Å². The SMILES string of the molecule is CCCC(F)(CC)CNc1ncc2c(n1)CC=C2c1ccn2ncc(C(=O)C3CCCCCCC3)c2c1.[HH]. The maximum atomic E-state index is 15.0. The van der Waals surface area contributed by atoms with Crippen molar-refractivity contribution in [2.24, 2.45) is 5.92 Å². The molecular weight excluding hydrogens is 465 g/mol. The highest BCUT2D eigenvalue weighted by molar-refractivity contribution is 6.04. The van der Waals surface area contributed by atoms with Gasteiger partial charge in [0.1, 0.15) is 5.67 Å². The second-order valence-corrected chi connectivity index (χ2v) is 10.7. The number of aromatic nitrogens is 4. The van der Waals surface area contributed by atoms with E-state index in [-0.39, 0.29) is 19.7 Å². The monoisotopic (exact) mass is 505 g/mol. The van der Waals surface area contributed by atoms with Gasteiger partial charge >= 0.3 is 0 Å². The van der Waals surface area contributed by atoms with Gasteiger partial charge in [-0.1, -0.05) is 58.4 Å². The summed E-state index contributed by atoms with van der Waals surface area (Å²) < 4.78 is 16.8. The van der Waals surface area contributed by atoms with Gasteiger partial charge in [-0.15, -0.1) is 0 Å². The lowest BCUT2D eigenvalue weighted by Crippen LogP contribution is -2.32. The van der Waals surface area contributed by atoms with Crippen molar-refractivity contribution < 1.29 is 10.6 Å². The third-order valence-electron chi connectivity index (χ3n) is 8.13. The molecule has 6 nitrogen and oxygen atoms in total. The maximum absolute atomic E-state index is 15.0. The first-order valence-electron chi connectivity index (χ1n) is 14.0. The highest BCUT2D eigenvalue weighted by Gasteiger charge is 2.27. The van der Waals surface area contributed by atoms with E-state index in [0.717, 1.165) is 65.6 Å². The van der Waals surface area contributed by atoms with Gasteiger partial charge in [0, 0.05) is 31.7 Å². The van der Waals surface area contributed by atoms with Crippen molar-refractivity contribution in [1.29, 1.82) is 0 Å². The quantitative estimate of drug-likeness (QED) is 0.311. The normalized spacial score (nSPS) is 18.1. The fourth-order valence-corrected chi connectivity index (χ4v) is 5.82. The Morgan fingerprint density at radius 2 is 1.97 bits per heavy atom. The van der Waals surface area contributed by atoms with Gasteiger partial charge in [0.25, 0.3) is 0 Å². The standard InChI is InChI=1S/C30H38FN5O.H2/c1-3-15-30(31,4-2)20-33-29-32-18-24-23(12-13-26(24)35-29)22-14-16-36-27(17-22)25(19-34-36)28(37)21-10-8-6-5-7-9-11-21;/h12,14,16-19,21H,3-11,13,15,20H2,1-2H3,(H,32,33,35);1H. The summed E-state index contributed by atoms with van der Waals surface area (Å²) in [7, 11) is 0. The van der Waals surface area contributed by atoms with E-state index in [1.807, 2.05) is 32.3 Å². The van der Waals surface area contributed by atoms with Crippen LogP contribution in [0.2, 0.25) is 0 Å². The first-order chi connectivity index (χ1) is 18.0. The molecule has 5 rings (SSSR count). The Hall–Kier alpha value is -3.09. The minimum absolute atomic E-state index is 0. The molecule has 0 bridgehead atoms. The molecule has 1 unspecified atom stereocenters. The van der Waals surface area contributed by atoms with Gasteiger partial charge in [-0.05, 0) is 49.0 Å². The predicted octanol–water partition coefficient (Wildman–Crippen LogP) is 7.23. The number of carbonyl (C=O) groups excluding carboxylic acids is 1. The van der Waals surface area contributed by atoms with Crippen molar-refractivity contribution in [1.82, 2.24) is 19.6 Å². The van der Waals surface area contributed by atoms with E-state index >= 15 is 0 Å². The van der Waals surface area contributed by atoms with Gasteiger partial charge in [0.2, 0.25) is 5.95 Å². The van der Waals surface area contributed by atoms with Crippen LogP contribution in [0.1, 0.15) is 107 Å². The summed E-state index contributed by atoms with van der Waals surface area (Å²) in [4.78, 5) is 22.7. The van der Waals surface area contributed by atoms with Crippen LogP contribution >= 0.6 is 0 Å². The zero-order chi connectivity index (χ0) is 25.8. The van der Waals surface area contributed by atoms with Crippen LogP contribution in [0.4, 0.5) is 10.3 Å². The van der Waals surface area contributed by atoms with Crippen LogP contribution < -0.4 is 5.32 Å². The average molecular weight is 506 g/mol. The van der Waals surface area contributed by atoms with Crippen LogP contribution in [0.3, 0.4) is 0 Å². The fraction of sp³-hybridized carbons (Fsp3) is 0.533. The molecule has 0 radical (unpaired) electrons. The third-order valence-corrected chi connectivity index (χ3v) is 8.13. The Labute approximate surface area is 220 Å². The third kappa shape index (κ3) is 5.46. The number of carbonyl (C=O) groups is 1. The Morgan fingerprint density at radius 1 is 1.19 bits per heavy atom. The number of ketones is 1. The molecule has 0 spiro atoms. The van der Waals surface area contributed by atoms with E-state index in [1.54, 1.807) is 10.7 Å². The van der Waals surface area contributed by atoms with E-state index in [9.17, 15) is 9.18 Å². The first kappa shape index (κ1) is 25.6. The predicted molar refractivity (Wildman–Crippen MR) is 148 cm³/mol. The van der Waals surface area contributed by atoms with Crippen molar-refractivity contribution in [3.8, 4) is 0 Å². The number of allylic oxidation sites excluding steroid dienone is 1. The number of anilines is 1. The molecule has 7 heteroatoms. The van der Waals surface area contributed by atoms with Crippen LogP contribution in [-0.4, -0.2) is 37.6 Å². The van der Waals surface area contributed by atoms with Gasteiger partial charge in [0.05, 0.1) is 29.5 Å². The number of hydrogen-bond acceptors (Lipinski definition) is 5. The summed E-state index contributed by atoms with van der Waals surface area (Å²) in [5.74, 6) is 0.794. The van der Waals surface area contributed by atoms with E-state index < -0.39 is 5.67 Å². The Bertz CT molecular complexity index is 1300. The number of pyridine rings is 1. The van der Waals surface area contributed by atoms with Crippen LogP contribution in [0, 0.1) is 5.92 Å². The van der Waals surface area contributed by atoms with Gasteiger partial charge in [-0.3, -0.25) is 4.79 Å². The molecule has 1 fully saturated rings. The number of Topliss-reactive ketones (excluding diaryl/α,β-unsaturated/α-hetero) is 1. The number of nitrogens with zero attached hydrogens (tertiary/aromatic N) is 4. The van der Waals surface area contributed by atoms with Gasteiger partial charge < -0.3 is 5.32 Å². The van der Waals surface area contributed by atoms with Crippen molar-refractivity contribution in [2.75, 3.05) is 11.9 Å². The molecule has 1 atom stereocenters. The van der Waals surface area contributed by atoms with Crippen LogP contribution in [0.5, 0.6) is 0 Å². The van der Waals surface area contributed by atoms with E-state index in [4.69, 9.17) is 0 Å². The number of alkyl halides is 1. The first-order valence-corrected chi connectivity index (χ1v) is 14.0. The molecule has 2 aliphatic rings. The molecule has 0 aromatic carbocycles. The second kappa shape index (κ2) is 11.1. The Balaban J connectivity index is 0.00000336. The summed E-state index contributed by atoms with van der Waals surface area (Å²) >= 11 is 0. The van der Waals surface area contributed by atoms with Crippen LogP contribution in [0.15, 0.2) is 36.8 Å². The van der Waals surface area contributed by atoms with E-state index in [1.165, 1.54) is 19.3 Å². The van der Waals surface area contributed by atoms with Crippen molar-refractivity contribution in [2.45, 2.75) is 90.1 Å². The smallest absolute Gasteiger partial charge is 0.223 e. The lowest BCUT2D eigenvalue weighted by molar-refractivity contribution is 0.0900. The van der Waals surface area contributed by atoms with Gasteiger partial charge in [-0.2, -0.15) is 5.10 Å². The molecule has 1 saturated carbocycles.